The Balaban J connectivity index is 3.85. The number of rotatable bonds is 5. The summed E-state index contributed by atoms with van der Waals surface area (Å²) < 4.78 is 4.58. The molecule has 0 amide bonds. The van der Waals surface area contributed by atoms with E-state index in [1.54, 1.807) is 6.92 Å². The number of hydrogen-bond acceptors (Lipinski definition) is 4. The molecule has 0 aliphatic rings. The van der Waals surface area contributed by atoms with Crippen molar-refractivity contribution in [2.24, 2.45) is 5.92 Å². The number of carbonyl (C=O) groups is 1. The minimum absolute atomic E-state index is 0.0316. The predicted molar refractivity (Wildman–Crippen MR) is 48.1 cm³/mol. The Morgan fingerprint density at radius 2 is 1.92 bits per heavy atom. The van der Waals surface area contributed by atoms with Gasteiger partial charge in [0.2, 0.25) is 0 Å². The first kappa shape index (κ1) is 12.4. The van der Waals surface area contributed by atoms with E-state index in [1.165, 1.54) is 0 Å². The van der Waals surface area contributed by atoms with Gasteiger partial charge in [-0.1, -0.05) is 13.8 Å². The zero-order chi connectivity index (χ0) is 10.4. The Morgan fingerprint density at radius 1 is 1.38 bits per heavy atom. The van der Waals surface area contributed by atoms with Crippen molar-refractivity contribution in [2.75, 3.05) is 6.61 Å². The van der Waals surface area contributed by atoms with Gasteiger partial charge >= 0.3 is 5.97 Å². The molecule has 13 heavy (non-hydrogen) atoms. The molecule has 0 aromatic carbocycles. The van der Waals surface area contributed by atoms with E-state index in [1.807, 2.05) is 13.8 Å². The van der Waals surface area contributed by atoms with Crippen LogP contribution in [0.4, 0.5) is 0 Å². The van der Waals surface area contributed by atoms with Gasteiger partial charge in [-0.25, -0.2) is 4.79 Å². The molecule has 0 radical (unpaired) electrons. The van der Waals surface area contributed by atoms with Crippen LogP contribution in [-0.4, -0.2) is 35.0 Å². The van der Waals surface area contributed by atoms with Crippen LogP contribution in [0.25, 0.3) is 0 Å². The summed E-state index contributed by atoms with van der Waals surface area (Å²) in [5, 5.41) is 18.6. The largest absolute Gasteiger partial charge is 0.464 e. The maximum absolute atomic E-state index is 10.9. The lowest BCUT2D eigenvalue weighted by atomic mass is 10.0. The van der Waals surface area contributed by atoms with Crippen molar-refractivity contribution in [1.82, 2.24) is 0 Å². The Morgan fingerprint density at radius 3 is 2.31 bits per heavy atom. The quantitative estimate of drug-likeness (QED) is 0.613. The van der Waals surface area contributed by atoms with Crippen LogP contribution in [0.15, 0.2) is 0 Å². The Bertz CT molecular complexity index is 156. The monoisotopic (exact) mass is 190 g/mol. The molecule has 2 atom stereocenters. The van der Waals surface area contributed by atoms with E-state index in [0.717, 1.165) is 0 Å². The van der Waals surface area contributed by atoms with Crippen LogP contribution >= 0.6 is 0 Å². The highest BCUT2D eigenvalue weighted by Crippen LogP contribution is 2.09. The first-order valence-electron chi connectivity index (χ1n) is 4.51. The summed E-state index contributed by atoms with van der Waals surface area (Å²) in [5.74, 6) is -0.633. The normalized spacial score (nSPS) is 15.5. The van der Waals surface area contributed by atoms with Gasteiger partial charge < -0.3 is 14.9 Å². The maximum Gasteiger partial charge on any atom is 0.335 e. The highest BCUT2D eigenvalue weighted by Gasteiger charge is 2.21. The van der Waals surface area contributed by atoms with E-state index in [0.29, 0.717) is 0 Å². The van der Waals surface area contributed by atoms with Crippen molar-refractivity contribution in [3.8, 4) is 0 Å². The van der Waals surface area contributed by atoms with Crippen LogP contribution in [0.5, 0.6) is 0 Å². The number of hydrogen-bond donors (Lipinski definition) is 2. The number of aliphatic hydroxyl groups excluding tert-OH is 2. The SMILES string of the molecule is CCOC(=O)C(O)CC(O)C(C)C. The molecule has 0 fully saturated rings. The summed E-state index contributed by atoms with van der Waals surface area (Å²) in [6.45, 7) is 5.56. The van der Waals surface area contributed by atoms with E-state index in [2.05, 4.69) is 4.74 Å². The minimum atomic E-state index is -1.21. The highest BCUT2D eigenvalue weighted by atomic mass is 16.5. The molecule has 0 saturated carbocycles. The molecule has 2 unspecified atom stereocenters. The third kappa shape index (κ3) is 4.85. The standard InChI is InChI=1S/C9H18O4/c1-4-13-9(12)8(11)5-7(10)6(2)3/h6-8,10-11H,4-5H2,1-3H3. The van der Waals surface area contributed by atoms with Gasteiger partial charge in [0, 0.05) is 6.42 Å². The molecule has 4 nitrogen and oxygen atoms in total. The van der Waals surface area contributed by atoms with Gasteiger partial charge in [-0.05, 0) is 12.8 Å². The molecule has 0 aromatic rings. The first-order chi connectivity index (χ1) is 5.99. The second-order valence-electron chi connectivity index (χ2n) is 3.31. The van der Waals surface area contributed by atoms with Gasteiger partial charge in [0.1, 0.15) is 0 Å². The fraction of sp³-hybridized carbons (Fsp3) is 0.889. The van der Waals surface area contributed by atoms with E-state index in [4.69, 9.17) is 0 Å². The molecule has 0 aliphatic heterocycles. The van der Waals surface area contributed by atoms with Crippen LogP contribution in [0, 0.1) is 5.92 Å². The molecule has 0 saturated heterocycles. The number of esters is 1. The summed E-state index contributed by atoms with van der Waals surface area (Å²) >= 11 is 0. The average molecular weight is 190 g/mol. The number of ether oxygens (including phenoxy) is 1. The average Bonchev–Trinajstić information content (AvgIpc) is 2.04. The van der Waals surface area contributed by atoms with Crippen LogP contribution in [0.3, 0.4) is 0 Å². The molecular weight excluding hydrogens is 172 g/mol. The van der Waals surface area contributed by atoms with Crippen molar-refractivity contribution in [1.29, 1.82) is 0 Å². The smallest absolute Gasteiger partial charge is 0.335 e. The second-order valence-corrected chi connectivity index (χ2v) is 3.31. The van der Waals surface area contributed by atoms with E-state index in [9.17, 15) is 15.0 Å². The third-order valence-electron chi connectivity index (χ3n) is 1.79. The maximum atomic E-state index is 10.9. The predicted octanol–water partition coefficient (Wildman–Crippen LogP) is 0.317. The van der Waals surface area contributed by atoms with E-state index in [-0.39, 0.29) is 18.9 Å². The van der Waals surface area contributed by atoms with Crippen molar-refractivity contribution in [3.05, 3.63) is 0 Å². The first-order valence-corrected chi connectivity index (χ1v) is 4.51. The van der Waals surface area contributed by atoms with Crippen LogP contribution in [0.1, 0.15) is 27.2 Å². The summed E-state index contributed by atoms with van der Waals surface area (Å²) in [7, 11) is 0. The van der Waals surface area contributed by atoms with Crippen molar-refractivity contribution in [3.63, 3.8) is 0 Å². The van der Waals surface area contributed by atoms with Crippen molar-refractivity contribution >= 4 is 5.97 Å². The molecule has 0 spiro atoms. The van der Waals surface area contributed by atoms with Crippen LogP contribution in [-0.2, 0) is 9.53 Å². The van der Waals surface area contributed by atoms with Gasteiger partial charge in [0.15, 0.2) is 6.10 Å². The Labute approximate surface area is 78.5 Å². The molecule has 0 rings (SSSR count). The Hall–Kier alpha value is -0.610. The summed E-state index contributed by atoms with van der Waals surface area (Å²) in [6, 6.07) is 0. The molecular formula is C9H18O4. The molecule has 0 aliphatic carbocycles. The van der Waals surface area contributed by atoms with Crippen molar-refractivity contribution < 1.29 is 19.7 Å². The molecule has 0 heterocycles. The fourth-order valence-corrected chi connectivity index (χ4v) is 0.836. The summed E-state index contributed by atoms with van der Waals surface area (Å²) in [5.41, 5.74) is 0. The lowest BCUT2D eigenvalue weighted by Gasteiger charge is -2.17. The zero-order valence-corrected chi connectivity index (χ0v) is 8.36. The van der Waals surface area contributed by atoms with Gasteiger partial charge in [-0.2, -0.15) is 0 Å². The van der Waals surface area contributed by atoms with Gasteiger partial charge in [-0.15, -0.1) is 0 Å². The van der Waals surface area contributed by atoms with Crippen LogP contribution in [0.2, 0.25) is 0 Å². The van der Waals surface area contributed by atoms with E-state index >= 15 is 0 Å². The highest BCUT2D eigenvalue weighted by molar-refractivity contribution is 5.74. The van der Waals surface area contributed by atoms with E-state index < -0.39 is 18.2 Å². The number of carbonyl (C=O) groups excluding carboxylic acids is 1. The zero-order valence-electron chi connectivity index (χ0n) is 8.36. The topological polar surface area (TPSA) is 66.8 Å². The Kier molecular flexibility index (Phi) is 5.66. The second kappa shape index (κ2) is 5.94. The number of aliphatic hydroxyl groups is 2. The molecule has 0 aromatic heterocycles. The van der Waals surface area contributed by atoms with Crippen LogP contribution < -0.4 is 0 Å². The fourth-order valence-electron chi connectivity index (χ4n) is 0.836. The third-order valence-corrected chi connectivity index (χ3v) is 1.79. The molecule has 4 heteroatoms. The lowest BCUT2D eigenvalue weighted by Crippen LogP contribution is -2.30. The molecule has 0 bridgehead atoms. The van der Waals surface area contributed by atoms with Gasteiger partial charge in [0.05, 0.1) is 12.7 Å². The van der Waals surface area contributed by atoms with Gasteiger partial charge in [-0.3, -0.25) is 0 Å². The molecule has 2 N–H and O–H groups in total. The van der Waals surface area contributed by atoms with Gasteiger partial charge in [0.25, 0.3) is 0 Å². The molecule has 78 valence electrons. The summed E-state index contributed by atoms with van der Waals surface area (Å²) in [6.07, 6.45) is -1.84. The lowest BCUT2D eigenvalue weighted by molar-refractivity contribution is -0.154. The van der Waals surface area contributed by atoms with Crippen molar-refractivity contribution in [2.45, 2.75) is 39.4 Å². The summed E-state index contributed by atoms with van der Waals surface area (Å²) in [4.78, 5) is 10.9. The minimum Gasteiger partial charge on any atom is -0.464 e.